The Morgan fingerprint density at radius 2 is 1.89 bits per heavy atom. The number of ether oxygens (including phenoxy) is 1. The van der Waals surface area contributed by atoms with E-state index in [2.05, 4.69) is 10.6 Å². The maximum absolute atomic E-state index is 13.4. The zero-order valence-electron chi connectivity index (χ0n) is 19.5. The third-order valence-electron chi connectivity index (χ3n) is 5.91. The fourth-order valence-electron chi connectivity index (χ4n) is 4.22. The Morgan fingerprint density at radius 3 is 2.63 bits per heavy atom. The van der Waals surface area contributed by atoms with Crippen molar-refractivity contribution in [3.8, 4) is 0 Å². The Balaban J connectivity index is 1.60. The Labute approximate surface area is 207 Å². The molecule has 0 unspecified atom stereocenters. The number of nitro benzene ring substituents is 1. The van der Waals surface area contributed by atoms with Gasteiger partial charge in [-0.05, 0) is 56.2 Å². The number of nitrogens with one attached hydrogen (secondary N) is 2. The van der Waals surface area contributed by atoms with E-state index in [4.69, 9.17) is 4.74 Å². The minimum atomic E-state index is -0.529. The Hall–Kier alpha value is -3.72. The summed E-state index contributed by atoms with van der Waals surface area (Å²) in [5.41, 5.74) is 2.94. The molecule has 1 aliphatic rings. The summed E-state index contributed by atoms with van der Waals surface area (Å²) in [5, 5.41) is 17.9. The molecule has 2 N–H and O–H groups in total. The van der Waals surface area contributed by atoms with E-state index >= 15 is 0 Å². The van der Waals surface area contributed by atoms with Gasteiger partial charge in [0.15, 0.2) is 0 Å². The number of benzene rings is 2. The number of nitro groups is 1. The highest BCUT2D eigenvalue weighted by molar-refractivity contribution is 7.17. The lowest BCUT2D eigenvalue weighted by Crippen LogP contribution is -2.18. The number of thiophene rings is 1. The number of rotatable bonds is 9. The molecule has 0 spiro atoms. The number of hydrogen-bond donors (Lipinski definition) is 2. The number of aryl methyl sites for hydroxylation is 1. The van der Waals surface area contributed by atoms with Gasteiger partial charge in [-0.15, -0.1) is 11.3 Å². The number of esters is 1. The van der Waals surface area contributed by atoms with E-state index < -0.39 is 16.8 Å². The van der Waals surface area contributed by atoms with Crippen LogP contribution in [0.3, 0.4) is 0 Å². The number of fused-ring (bicyclic) bond motifs is 1. The second-order valence-electron chi connectivity index (χ2n) is 8.24. The van der Waals surface area contributed by atoms with Gasteiger partial charge < -0.3 is 15.4 Å². The summed E-state index contributed by atoms with van der Waals surface area (Å²) in [7, 11) is 0. The zero-order valence-corrected chi connectivity index (χ0v) is 20.3. The summed E-state index contributed by atoms with van der Waals surface area (Å²) in [6.45, 7) is 2.52. The van der Waals surface area contributed by atoms with Crippen molar-refractivity contribution in [3.05, 3.63) is 85.8 Å². The summed E-state index contributed by atoms with van der Waals surface area (Å²) in [5.74, 6) is -0.970. The van der Waals surface area contributed by atoms with E-state index in [1.54, 1.807) is 13.0 Å². The van der Waals surface area contributed by atoms with Crippen molar-refractivity contribution in [3.63, 3.8) is 0 Å². The third kappa shape index (κ3) is 5.68. The number of amides is 1. The van der Waals surface area contributed by atoms with Gasteiger partial charge in [0.05, 0.1) is 22.7 Å². The molecule has 9 heteroatoms. The largest absolute Gasteiger partial charge is 0.462 e. The minimum Gasteiger partial charge on any atom is -0.462 e. The molecule has 1 amide bonds. The lowest BCUT2D eigenvalue weighted by atomic mass is 9.95. The second kappa shape index (κ2) is 11.1. The van der Waals surface area contributed by atoms with Gasteiger partial charge in [0.25, 0.3) is 11.6 Å². The quantitative estimate of drug-likeness (QED) is 0.227. The van der Waals surface area contributed by atoms with Gasteiger partial charge in [0.1, 0.15) is 5.00 Å². The van der Waals surface area contributed by atoms with Crippen molar-refractivity contribution in [2.24, 2.45) is 0 Å². The molecule has 1 aromatic heterocycles. The zero-order chi connectivity index (χ0) is 24.8. The van der Waals surface area contributed by atoms with Gasteiger partial charge in [-0.3, -0.25) is 14.9 Å². The van der Waals surface area contributed by atoms with E-state index in [9.17, 15) is 19.7 Å². The van der Waals surface area contributed by atoms with Gasteiger partial charge in [-0.25, -0.2) is 4.79 Å². The number of non-ortho nitro benzene ring substituents is 1. The summed E-state index contributed by atoms with van der Waals surface area (Å²) in [6, 6.07) is 14.1. The van der Waals surface area contributed by atoms with Crippen LogP contribution in [0.15, 0.2) is 48.5 Å². The van der Waals surface area contributed by atoms with Crippen LogP contribution in [-0.2, 0) is 24.0 Å². The molecule has 0 saturated heterocycles. The van der Waals surface area contributed by atoms with Crippen LogP contribution in [0.25, 0.3) is 0 Å². The summed E-state index contributed by atoms with van der Waals surface area (Å²) < 4.78 is 5.26. The van der Waals surface area contributed by atoms with Gasteiger partial charge in [-0.1, -0.05) is 30.3 Å². The number of anilines is 2. The normalized spacial score (nSPS) is 12.5. The third-order valence-corrected chi connectivity index (χ3v) is 7.12. The van der Waals surface area contributed by atoms with Crippen LogP contribution in [0.2, 0.25) is 0 Å². The Kier molecular flexibility index (Phi) is 7.77. The first kappa shape index (κ1) is 24.4. The van der Waals surface area contributed by atoms with Crippen LogP contribution in [0.1, 0.15) is 56.5 Å². The Morgan fingerprint density at radius 1 is 1.11 bits per heavy atom. The van der Waals surface area contributed by atoms with E-state index in [1.165, 1.54) is 23.5 Å². The van der Waals surface area contributed by atoms with Gasteiger partial charge in [-0.2, -0.15) is 0 Å². The molecule has 2 aromatic carbocycles. The highest BCUT2D eigenvalue weighted by Gasteiger charge is 2.28. The molecular weight excluding hydrogens is 466 g/mol. The molecule has 0 bridgehead atoms. The van der Waals surface area contributed by atoms with Crippen LogP contribution in [0.5, 0.6) is 0 Å². The summed E-state index contributed by atoms with van der Waals surface area (Å²) >= 11 is 1.38. The van der Waals surface area contributed by atoms with Crippen molar-refractivity contribution >= 4 is 39.6 Å². The lowest BCUT2D eigenvalue weighted by molar-refractivity contribution is -0.384. The summed E-state index contributed by atoms with van der Waals surface area (Å²) in [6.07, 6.45) is 4.35. The average molecular weight is 494 g/mol. The molecule has 35 heavy (non-hydrogen) atoms. The lowest BCUT2D eigenvalue weighted by Gasteiger charge is -2.13. The SMILES string of the molecule is CCOC(=O)c1c(NC(=O)c2cc([N+](=O)[O-])ccc2NCCc2ccccc2)sc2c1CCCC2. The fraction of sp³-hybridized carbons (Fsp3) is 0.308. The van der Waals surface area contributed by atoms with E-state index in [0.717, 1.165) is 48.1 Å². The molecule has 0 fully saturated rings. The molecule has 8 nitrogen and oxygen atoms in total. The van der Waals surface area contributed by atoms with Crippen LogP contribution in [0.4, 0.5) is 16.4 Å². The first-order valence-corrected chi connectivity index (χ1v) is 12.5. The maximum atomic E-state index is 13.4. The molecule has 0 aliphatic heterocycles. The van der Waals surface area contributed by atoms with Crippen LogP contribution in [-0.4, -0.2) is 30.0 Å². The molecular formula is C26H27N3O5S. The standard InChI is InChI=1S/C26H27N3O5S/c1-2-34-26(31)23-19-10-6-7-11-22(19)35-25(23)28-24(30)20-16-18(29(32)33)12-13-21(20)27-15-14-17-8-4-3-5-9-17/h3-5,8-9,12-13,16,27H,2,6-7,10-11,14-15H2,1H3,(H,28,30). The molecule has 3 aromatic rings. The van der Waals surface area contributed by atoms with Crippen LogP contribution >= 0.6 is 11.3 Å². The van der Waals surface area contributed by atoms with Crippen LogP contribution in [0, 0.1) is 10.1 Å². The Bertz CT molecular complexity index is 1240. The van der Waals surface area contributed by atoms with E-state index in [-0.39, 0.29) is 17.9 Å². The monoisotopic (exact) mass is 493 g/mol. The molecule has 182 valence electrons. The highest BCUT2D eigenvalue weighted by Crippen LogP contribution is 2.39. The summed E-state index contributed by atoms with van der Waals surface area (Å²) in [4.78, 5) is 38.0. The number of nitrogens with zero attached hydrogens (tertiary/aromatic N) is 1. The fourth-order valence-corrected chi connectivity index (χ4v) is 5.49. The van der Waals surface area contributed by atoms with Crippen molar-refractivity contribution in [2.75, 3.05) is 23.8 Å². The maximum Gasteiger partial charge on any atom is 0.341 e. The van der Waals surface area contributed by atoms with Gasteiger partial charge in [0.2, 0.25) is 0 Å². The molecule has 4 rings (SSSR count). The van der Waals surface area contributed by atoms with E-state index in [0.29, 0.717) is 22.8 Å². The van der Waals surface area contributed by atoms with Gasteiger partial charge in [0, 0.05) is 29.2 Å². The molecule has 0 saturated carbocycles. The first-order chi connectivity index (χ1) is 17.0. The van der Waals surface area contributed by atoms with Crippen molar-refractivity contribution in [2.45, 2.75) is 39.0 Å². The highest BCUT2D eigenvalue weighted by atomic mass is 32.1. The van der Waals surface area contributed by atoms with Crippen molar-refractivity contribution < 1.29 is 19.2 Å². The van der Waals surface area contributed by atoms with Gasteiger partial charge >= 0.3 is 5.97 Å². The molecule has 1 heterocycles. The number of hydrogen-bond acceptors (Lipinski definition) is 7. The predicted octanol–water partition coefficient (Wildman–Crippen LogP) is 5.62. The van der Waals surface area contributed by atoms with E-state index in [1.807, 2.05) is 30.3 Å². The second-order valence-corrected chi connectivity index (χ2v) is 9.34. The number of carbonyl (C=O) groups excluding carboxylic acids is 2. The predicted molar refractivity (Wildman–Crippen MR) is 137 cm³/mol. The van der Waals surface area contributed by atoms with Crippen molar-refractivity contribution in [1.82, 2.24) is 0 Å². The average Bonchev–Trinajstić information content (AvgIpc) is 3.22. The minimum absolute atomic E-state index is 0.147. The molecule has 1 aliphatic carbocycles. The van der Waals surface area contributed by atoms with Crippen LogP contribution < -0.4 is 10.6 Å². The number of carbonyl (C=O) groups is 2. The smallest absolute Gasteiger partial charge is 0.341 e. The first-order valence-electron chi connectivity index (χ1n) is 11.7. The molecule has 0 radical (unpaired) electrons. The molecule has 0 atom stereocenters. The van der Waals surface area contributed by atoms with Crippen molar-refractivity contribution in [1.29, 1.82) is 0 Å². The topological polar surface area (TPSA) is 111 Å².